The molecule has 0 aliphatic carbocycles. The smallest absolute Gasteiger partial charge is 0.0510 e. The maximum absolute atomic E-state index is 2.61. The zero-order chi connectivity index (χ0) is 14.8. The highest BCUT2D eigenvalue weighted by Gasteiger charge is 2.14. The lowest BCUT2D eigenvalue weighted by atomic mass is 10.1. The quantitative estimate of drug-likeness (QED) is 0.855. The average Bonchev–Trinajstić information content (AvgIpc) is 2.79. The van der Waals surface area contributed by atoms with E-state index in [0.29, 0.717) is 0 Å². The molecule has 1 aliphatic rings. The van der Waals surface area contributed by atoms with Gasteiger partial charge in [0, 0.05) is 44.8 Å². The fourth-order valence-corrected chi connectivity index (χ4v) is 3.52. The van der Waals surface area contributed by atoms with E-state index in [9.17, 15) is 0 Å². The van der Waals surface area contributed by atoms with Crippen molar-refractivity contribution >= 4 is 10.9 Å². The molecular formula is C18H27N3. The Hall–Kier alpha value is -1.32. The summed E-state index contributed by atoms with van der Waals surface area (Å²) in [5.74, 6) is 0. The largest absolute Gasteiger partial charge is 0.350 e. The van der Waals surface area contributed by atoms with Crippen molar-refractivity contribution in [3.8, 4) is 0 Å². The van der Waals surface area contributed by atoms with Crippen molar-refractivity contribution < 1.29 is 0 Å². The summed E-state index contributed by atoms with van der Waals surface area (Å²) in [6.07, 6.45) is 4.77. The predicted octanol–water partition coefficient (Wildman–Crippen LogP) is 2.67. The SMILES string of the molecule is Cc1cccc2c(CCCN3CCN(C)CC3)cn(C)c12. The fraction of sp³-hybridized carbons (Fsp3) is 0.556. The van der Waals surface area contributed by atoms with E-state index in [1.165, 1.54) is 67.6 Å². The van der Waals surface area contributed by atoms with Gasteiger partial charge in [0.1, 0.15) is 0 Å². The molecule has 1 aromatic heterocycles. The molecule has 0 radical (unpaired) electrons. The zero-order valence-corrected chi connectivity index (χ0v) is 13.6. The number of para-hydroxylation sites is 1. The van der Waals surface area contributed by atoms with Crippen LogP contribution in [0, 0.1) is 6.92 Å². The van der Waals surface area contributed by atoms with Crippen molar-refractivity contribution in [3.05, 3.63) is 35.5 Å². The molecule has 0 spiro atoms. The Bertz CT molecular complexity index is 606. The second-order valence-electron chi connectivity index (χ2n) is 6.48. The highest BCUT2D eigenvalue weighted by Crippen LogP contribution is 2.24. The minimum absolute atomic E-state index is 1.19. The molecule has 1 fully saturated rings. The van der Waals surface area contributed by atoms with Crippen LogP contribution >= 0.6 is 0 Å². The van der Waals surface area contributed by atoms with E-state index in [1.54, 1.807) is 0 Å². The molecule has 1 aliphatic heterocycles. The van der Waals surface area contributed by atoms with Crippen molar-refractivity contribution in [1.82, 2.24) is 14.4 Å². The highest BCUT2D eigenvalue weighted by atomic mass is 15.2. The normalized spacial score (nSPS) is 17.7. The number of rotatable bonds is 4. The monoisotopic (exact) mass is 285 g/mol. The van der Waals surface area contributed by atoms with Gasteiger partial charge in [-0.2, -0.15) is 0 Å². The first-order chi connectivity index (χ1) is 10.1. The molecular weight excluding hydrogens is 258 g/mol. The maximum atomic E-state index is 2.61. The Balaban J connectivity index is 1.62. The Morgan fingerprint density at radius 1 is 1.05 bits per heavy atom. The molecule has 0 saturated carbocycles. The van der Waals surface area contributed by atoms with E-state index in [4.69, 9.17) is 0 Å². The first kappa shape index (κ1) is 14.6. The van der Waals surface area contributed by atoms with E-state index in [1.807, 2.05) is 0 Å². The summed E-state index contributed by atoms with van der Waals surface area (Å²) in [7, 11) is 4.38. The summed E-state index contributed by atoms with van der Waals surface area (Å²) in [5, 5.41) is 1.44. The number of likely N-dealkylation sites (N-methyl/N-ethyl adjacent to an activating group) is 1. The number of aromatic nitrogens is 1. The lowest BCUT2D eigenvalue weighted by Crippen LogP contribution is -2.44. The van der Waals surface area contributed by atoms with Gasteiger partial charge < -0.3 is 14.4 Å². The molecule has 1 saturated heterocycles. The van der Waals surface area contributed by atoms with Gasteiger partial charge in [-0.1, -0.05) is 18.2 Å². The van der Waals surface area contributed by atoms with Crippen molar-refractivity contribution in [3.63, 3.8) is 0 Å². The van der Waals surface area contributed by atoms with Crippen molar-refractivity contribution in [2.24, 2.45) is 7.05 Å². The van der Waals surface area contributed by atoms with E-state index in [-0.39, 0.29) is 0 Å². The van der Waals surface area contributed by atoms with E-state index < -0.39 is 0 Å². The average molecular weight is 285 g/mol. The van der Waals surface area contributed by atoms with Crippen LogP contribution in [0.5, 0.6) is 0 Å². The highest BCUT2D eigenvalue weighted by molar-refractivity contribution is 5.86. The summed E-state index contributed by atoms with van der Waals surface area (Å²) in [6.45, 7) is 8.32. The maximum Gasteiger partial charge on any atom is 0.0510 e. The first-order valence-corrected chi connectivity index (χ1v) is 8.09. The summed E-state index contributed by atoms with van der Waals surface area (Å²) in [6, 6.07) is 6.66. The van der Waals surface area contributed by atoms with Gasteiger partial charge in [-0.05, 0) is 44.5 Å². The minimum atomic E-state index is 1.19. The van der Waals surface area contributed by atoms with E-state index in [0.717, 1.165) is 0 Å². The number of benzene rings is 1. The van der Waals surface area contributed by atoms with Crippen LogP contribution in [0.3, 0.4) is 0 Å². The van der Waals surface area contributed by atoms with Crippen LogP contribution in [0.25, 0.3) is 10.9 Å². The molecule has 2 aromatic rings. The van der Waals surface area contributed by atoms with Gasteiger partial charge in [-0.15, -0.1) is 0 Å². The van der Waals surface area contributed by atoms with E-state index >= 15 is 0 Å². The minimum Gasteiger partial charge on any atom is -0.350 e. The Labute approximate surface area is 128 Å². The van der Waals surface area contributed by atoms with Crippen LogP contribution in [-0.2, 0) is 13.5 Å². The number of piperazine rings is 1. The van der Waals surface area contributed by atoms with Crippen molar-refractivity contribution in [1.29, 1.82) is 0 Å². The summed E-state index contributed by atoms with van der Waals surface area (Å²) in [5.41, 5.74) is 4.28. The van der Waals surface area contributed by atoms with Crippen LogP contribution in [0.1, 0.15) is 17.5 Å². The standard InChI is InChI=1S/C18H27N3/c1-15-6-4-8-17-16(14-20(3)18(15)17)7-5-9-21-12-10-19(2)11-13-21/h4,6,8,14H,5,7,9-13H2,1-3H3. The Kier molecular flexibility index (Phi) is 4.32. The summed E-state index contributed by atoms with van der Waals surface area (Å²) < 4.78 is 2.29. The van der Waals surface area contributed by atoms with Gasteiger partial charge in [0.05, 0.1) is 5.52 Å². The van der Waals surface area contributed by atoms with Gasteiger partial charge in [0.2, 0.25) is 0 Å². The molecule has 3 heteroatoms. The van der Waals surface area contributed by atoms with Gasteiger partial charge in [0.15, 0.2) is 0 Å². The summed E-state index contributed by atoms with van der Waals surface area (Å²) in [4.78, 5) is 5.03. The first-order valence-electron chi connectivity index (χ1n) is 8.09. The lowest BCUT2D eigenvalue weighted by Gasteiger charge is -2.32. The molecule has 0 bridgehead atoms. The second kappa shape index (κ2) is 6.20. The number of aryl methyl sites for hydroxylation is 3. The zero-order valence-electron chi connectivity index (χ0n) is 13.6. The number of hydrogen-bond acceptors (Lipinski definition) is 2. The number of fused-ring (bicyclic) bond motifs is 1. The van der Waals surface area contributed by atoms with Crippen LogP contribution in [0.4, 0.5) is 0 Å². The molecule has 0 N–H and O–H groups in total. The molecule has 0 unspecified atom stereocenters. The molecule has 2 heterocycles. The fourth-order valence-electron chi connectivity index (χ4n) is 3.52. The molecule has 21 heavy (non-hydrogen) atoms. The molecule has 3 nitrogen and oxygen atoms in total. The number of nitrogens with zero attached hydrogens (tertiary/aromatic N) is 3. The molecule has 114 valence electrons. The Morgan fingerprint density at radius 2 is 1.81 bits per heavy atom. The van der Waals surface area contributed by atoms with Gasteiger partial charge >= 0.3 is 0 Å². The van der Waals surface area contributed by atoms with Crippen LogP contribution < -0.4 is 0 Å². The molecule has 0 amide bonds. The predicted molar refractivity (Wildman–Crippen MR) is 89.9 cm³/mol. The molecule has 1 aromatic carbocycles. The third kappa shape index (κ3) is 3.14. The van der Waals surface area contributed by atoms with E-state index in [2.05, 4.69) is 59.8 Å². The van der Waals surface area contributed by atoms with Crippen molar-refractivity contribution in [2.45, 2.75) is 19.8 Å². The third-order valence-electron chi connectivity index (χ3n) is 4.80. The molecule has 0 atom stereocenters. The summed E-state index contributed by atoms with van der Waals surface area (Å²) >= 11 is 0. The van der Waals surface area contributed by atoms with Crippen molar-refractivity contribution in [2.75, 3.05) is 39.8 Å². The van der Waals surface area contributed by atoms with Gasteiger partial charge in [0.25, 0.3) is 0 Å². The van der Waals surface area contributed by atoms with Crippen LogP contribution in [-0.4, -0.2) is 54.1 Å². The third-order valence-corrected chi connectivity index (χ3v) is 4.80. The van der Waals surface area contributed by atoms with Gasteiger partial charge in [-0.3, -0.25) is 0 Å². The lowest BCUT2D eigenvalue weighted by molar-refractivity contribution is 0.153. The van der Waals surface area contributed by atoms with Crippen LogP contribution in [0.15, 0.2) is 24.4 Å². The molecule has 3 rings (SSSR count). The number of hydrogen-bond donors (Lipinski definition) is 0. The second-order valence-corrected chi connectivity index (χ2v) is 6.48. The Morgan fingerprint density at radius 3 is 2.57 bits per heavy atom. The van der Waals surface area contributed by atoms with Crippen LogP contribution in [0.2, 0.25) is 0 Å². The van der Waals surface area contributed by atoms with Gasteiger partial charge in [-0.25, -0.2) is 0 Å². The topological polar surface area (TPSA) is 11.4 Å².